The van der Waals surface area contributed by atoms with Crippen LogP contribution in [0.25, 0.3) is 0 Å². The second kappa shape index (κ2) is 6.34. The molecule has 0 aliphatic carbocycles. The molecule has 1 heterocycles. The first-order valence-corrected chi connectivity index (χ1v) is 7.86. The molecule has 1 N–H and O–H groups in total. The van der Waals surface area contributed by atoms with Crippen molar-refractivity contribution in [2.24, 2.45) is 0 Å². The Hall–Kier alpha value is -1.24. The van der Waals surface area contributed by atoms with Gasteiger partial charge in [-0.2, -0.15) is 0 Å². The van der Waals surface area contributed by atoms with Gasteiger partial charge in [0.25, 0.3) is 0 Å². The van der Waals surface area contributed by atoms with Crippen molar-refractivity contribution in [2.45, 2.75) is 51.1 Å². The first-order valence-electron chi connectivity index (χ1n) is 7.48. The summed E-state index contributed by atoms with van der Waals surface area (Å²) < 4.78 is 17.3. The summed E-state index contributed by atoms with van der Waals surface area (Å²) in [5, 5.41) is 9.75. The molecular weight excluding hydrogens is 318 g/mol. The van der Waals surface area contributed by atoms with Crippen molar-refractivity contribution in [3.05, 3.63) is 28.8 Å². The molecular formula is C16H22BClO5. The van der Waals surface area contributed by atoms with E-state index >= 15 is 0 Å². The molecule has 0 amide bonds. The topological polar surface area (TPSA) is 65.0 Å². The van der Waals surface area contributed by atoms with Crippen LogP contribution in [0, 0.1) is 0 Å². The van der Waals surface area contributed by atoms with Gasteiger partial charge in [-0.05, 0) is 45.4 Å². The Morgan fingerprint density at radius 2 is 1.87 bits per heavy atom. The van der Waals surface area contributed by atoms with E-state index < -0.39 is 30.1 Å². The maximum absolute atomic E-state index is 11.3. The molecule has 1 unspecified atom stereocenters. The molecule has 2 rings (SSSR count). The van der Waals surface area contributed by atoms with Crippen LogP contribution >= 0.6 is 11.6 Å². The van der Waals surface area contributed by atoms with Crippen molar-refractivity contribution < 1.29 is 23.9 Å². The second-order valence-electron chi connectivity index (χ2n) is 6.72. The minimum Gasteiger partial charge on any atom is -0.495 e. The molecule has 1 aromatic rings. The number of rotatable bonds is 5. The Morgan fingerprint density at radius 1 is 1.30 bits per heavy atom. The number of benzene rings is 1. The van der Waals surface area contributed by atoms with Gasteiger partial charge in [0.15, 0.2) is 0 Å². The smallest absolute Gasteiger partial charge is 0.466 e. The Morgan fingerprint density at radius 3 is 2.35 bits per heavy atom. The zero-order chi connectivity index (χ0) is 17.4. The number of aliphatic carboxylic acids is 1. The lowest BCUT2D eigenvalue weighted by Crippen LogP contribution is -2.41. The van der Waals surface area contributed by atoms with Crippen molar-refractivity contribution in [1.82, 2.24) is 0 Å². The molecule has 0 spiro atoms. The van der Waals surface area contributed by atoms with E-state index in [1.54, 1.807) is 18.2 Å². The monoisotopic (exact) mass is 340 g/mol. The standard InChI is InChI=1S/C16H22BClO5/c1-15(2)16(3,4)23-17(22-15)11(9-14(19)20)10-6-7-12(18)13(8-10)21-5/h6-8,11H,9H2,1-5H3,(H,19,20). The number of carboxylic acids is 1. The highest BCUT2D eigenvalue weighted by Gasteiger charge is 2.54. The number of ether oxygens (including phenoxy) is 1. The molecule has 1 aliphatic heterocycles. The fourth-order valence-corrected chi connectivity index (χ4v) is 2.71. The van der Waals surface area contributed by atoms with E-state index in [1.165, 1.54) is 7.11 Å². The maximum atomic E-state index is 11.3. The molecule has 0 bridgehead atoms. The van der Waals surface area contributed by atoms with Crippen molar-refractivity contribution in [2.75, 3.05) is 7.11 Å². The van der Waals surface area contributed by atoms with Gasteiger partial charge in [-0.3, -0.25) is 4.79 Å². The fraction of sp³-hybridized carbons (Fsp3) is 0.562. The molecule has 7 heteroatoms. The number of carboxylic acid groups (broad SMARTS) is 1. The van der Waals surface area contributed by atoms with E-state index in [0.29, 0.717) is 10.8 Å². The van der Waals surface area contributed by atoms with Crippen molar-refractivity contribution in [1.29, 1.82) is 0 Å². The normalized spacial score (nSPS) is 20.3. The highest BCUT2D eigenvalue weighted by atomic mass is 35.5. The van der Waals surface area contributed by atoms with Gasteiger partial charge in [0.05, 0.1) is 29.8 Å². The number of methoxy groups -OCH3 is 1. The molecule has 1 saturated heterocycles. The lowest BCUT2D eigenvalue weighted by molar-refractivity contribution is -0.137. The predicted octanol–water partition coefficient (Wildman–Crippen LogP) is 3.54. The van der Waals surface area contributed by atoms with Crippen LogP contribution < -0.4 is 4.74 Å². The van der Waals surface area contributed by atoms with Gasteiger partial charge in [0, 0.05) is 5.82 Å². The summed E-state index contributed by atoms with van der Waals surface area (Å²) >= 11 is 6.05. The maximum Gasteiger partial charge on any atom is 0.466 e. The first kappa shape index (κ1) is 18.1. The van der Waals surface area contributed by atoms with Crippen LogP contribution in [0.1, 0.15) is 45.5 Å². The quantitative estimate of drug-likeness (QED) is 0.831. The summed E-state index contributed by atoms with van der Waals surface area (Å²) in [4.78, 5) is 11.3. The summed E-state index contributed by atoms with van der Waals surface area (Å²) in [7, 11) is 0.869. The van der Waals surface area contributed by atoms with Gasteiger partial charge in [-0.1, -0.05) is 17.7 Å². The third-order valence-corrected chi connectivity index (χ3v) is 4.91. The Balaban J connectivity index is 2.37. The molecule has 126 valence electrons. The third kappa shape index (κ3) is 3.65. The number of hydrogen-bond donors (Lipinski definition) is 1. The van der Waals surface area contributed by atoms with Crippen molar-refractivity contribution >= 4 is 24.7 Å². The second-order valence-corrected chi connectivity index (χ2v) is 7.13. The fourth-order valence-electron chi connectivity index (χ4n) is 2.52. The van der Waals surface area contributed by atoms with Crippen LogP contribution in [0.2, 0.25) is 5.02 Å². The van der Waals surface area contributed by atoms with Crippen LogP contribution in [0.3, 0.4) is 0 Å². The van der Waals surface area contributed by atoms with Gasteiger partial charge in [0.1, 0.15) is 5.75 Å². The lowest BCUT2D eigenvalue weighted by atomic mass is 9.66. The van der Waals surface area contributed by atoms with Gasteiger partial charge in [-0.25, -0.2) is 0 Å². The van der Waals surface area contributed by atoms with Crippen molar-refractivity contribution in [3.63, 3.8) is 0 Å². The first-order chi connectivity index (χ1) is 10.6. The van der Waals surface area contributed by atoms with E-state index in [-0.39, 0.29) is 6.42 Å². The molecule has 0 saturated carbocycles. The summed E-state index contributed by atoms with van der Waals surface area (Å²) in [5.41, 5.74) is -0.289. The molecule has 0 aromatic heterocycles. The van der Waals surface area contributed by atoms with E-state index in [1.807, 2.05) is 27.7 Å². The zero-order valence-electron chi connectivity index (χ0n) is 14.1. The molecule has 0 radical (unpaired) electrons. The average molecular weight is 341 g/mol. The molecule has 1 atom stereocenters. The third-order valence-electron chi connectivity index (χ3n) is 4.60. The summed E-state index contributed by atoms with van der Waals surface area (Å²) in [6.45, 7) is 7.75. The Labute approximate surface area is 142 Å². The van der Waals surface area contributed by atoms with Gasteiger partial charge in [0.2, 0.25) is 0 Å². The van der Waals surface area contributed by atoms with Gasteiger partial charge < -0.3 is 19.2 Å². The minimum atomic E-state index is -0.918. The van der Waals surface area contributed by atoms with Crippen LogP contribution in [0.4, 0.5) is 0 Å². The van der Waals surface area contributed by atoms with E-state index in [2.05, 4.69) is 0 Å². The van der Waals surface area contributed by atoms with E-state index in [9.17, 15) is 9.90 Å². The molecule has 1 aliphatic rings. The van der Waals surface area contributed by atoms with Gasteiger partial charge in [-0.15, -0.1) is 0 Å². The van der Waals surface area contributed by atoms with Crippen molar-refractivity contribution in [3.8, 4) is 5.75 Å². The largest absolute Gasteiger partial charge is 0.495 e. The van der Waals surface area contributed by atoms with Crippen LogP contribution in [-0.2, 0) is 14.1 Å². The lowest BCUT2D eigenvalue weighted by Gasteiger charge is -2.32. The summed E-state index contributed by atoms with van der Waals surface area (Å²) in [6.07, 6.45) is -0.110. The average Bonchev–Trinajstić information content (AvgIpc) is 2.65. The summed E-state index contributed by atoms with van der Waals surface area (Å²) in [6, 6.07) is 5.21. The molecule has 1 aromatic carbocycles. The van der Waals surface area contributed by atoms with E-state index in [0.717, 1.165) is 5.56 Å². The number of hydrogen-bond acceptors (Lipinski definition) is 4. The van der Waals surface area contributed by atoms with Gasteiger partial charge >= 0.3 is 13.1 Å². The van der Waals surface area contributed by atoms with E-state index in [4.69, 9.17) is 25.6 Å². The van der Waals surface area contributed by atoms with Crippen LogP contribution in [0.15, 0.2) is 18.2 Å². The SMILES string of the molecule is COc1cc(C(CC(=O)O)B2OC(C)(C)C(C)(C)O2)ccc1Cl. The number of halogens is 1. The predicted molar refractivity (Wildman–Crippen MR) is 89.1 cm³/mol. The Kier molecular flexibility index (Phi) is 4.99. The molecule has 1 fully saturated rings. The van der Waals surface area contributed by atoms with Crippen LogP contribution in [0.5, 0.6) is 5.75 Å². The highest BCUT2D eigenvalue weighted by molar-refractivity contribution is 6.48. The Bertz CT molecular complexity index is 586. The number of carbonyl (C=O) groups is 1. The molecule has 23 heavy (non-hydrogen) atoms. The highest BCUT2D eigenvalue weighted by Crippen LogP contribution is 2.42. The molecule has 5 nitrogen and oxygen atoms in total. The van der Waals surface area contributed by atoms with Crippen LogP contribution in [-0.4, -0.2) is 36.5 Å². The summed E-state index contributed by atoms with van der Waals surface area (Å²) in [5.74, 6) is -0.880. The minimum absolute atomic E-state index is 0.110. The zero-order valence-corrected chi connectivity index (χ0v) is 14.8.